The summed E-state index contributed by atoms with van der Waals surface area (Å²) in [6.45, 7) is 0. The molecule has 0 atom stereocenters. The summed E-state index contributed by atoms with van der Waals surface area (Å²) in [5.74, 6) is 0. The number of benzene rings is 2. The monoisotopic (exact) mass is 283 g/mol. The number of hydrogen-bond acceptors (Lipinski definition) is 5. The van der Waals surface area contributed by atoms with Crippen LogP contribution in [0.25, 0.3) is 5.57 Å². The number of nitrogens with zero attached hydrogens (tertiary/aromatic N) is 5. The van der Waals surface area contributed by atoms with E-state index in [-0.39, 0.29) is 11.1 Å². The normalized spacial score (nSPS) is 9.50. The van der Waals surface area contributed by atoms with Gasteiger partial charge in [0.25, 0.3) is 0 Å². The molecule has 0 radical (unpaired) electrons. The summed E-state index contributed by atoms with van der Waals surface area (Å²) in [4.78, 5) is 0. The summed E-state index contributed by atoms with van der Waals surface area (Å²) in [5, 5.41) is 35.4. The van der Waals surface area contributed by atoms with Gasteiger partial charge in [-0.05, 0) is 18.2 Å². The van der Waals surface area contributed by atoms with Crippen LogP contribution in [0.1, 0.15) is 5.56 Å². The molecule has 0 fully saturated rings. The van der Waals surface area contributed by atoms with Gasteiger partial charge >= 0.3 is 0 Å². The molecule has 0 aromatic heterocycles. The van der Waals surface area contributed by atoms with Crippen molar-refractivity contribution in [2.45, 2.75) is 0 Å². The highest BCUT2D eigenvalue weighted by Crippen LogP contribution is 2.29. The summed E-state index contributed by atoms with van der Waals surface area (Å²) >= 11 is 0. The van der Waals surface area contributed by atoms with Gasteiger partial charge in [-0.2, -0.15) is 20.9 Å². The first-order chi connectivity index (χ1) is 10.8. The molecular formula is C17H9N5. The average molecular weight is 283 g/mol. The molecule has 0 saturated carbocycles. The van der Waals surface area contributed by atoms with Crippen molar-refractivity contribution in [3.8, 4) is 18.2 Å². The van der Waals surface area contributed by atoms with E-state index in [9.17, 15) is 5.26 Å². The lowest BCUT2D eigenvalue weighted by molar-refractivity contribution is 1.22. The van der Waals surface area contributed by atoms with Crippen molar-refractivity contribution >= 4 is 16.9 Å². The molecule has 0 N–H and O–H groups in total. The molecule has 0 aliphatic carbocycles. The second-order valence-electron chi connectivity index (χ2n) is 4.14. The maximum Gasteiger partial charge on any atom is 0.148 e. The fourth-order valence-corrected chi connectivity index (χ4v) is 1.77. The highest BCUT2D eigenvalue weighted by molar-refractivity contribution is 5.88. The quantitative estimate of drug-likeness (QED) is 0.615. The van der Waals surface area contributed by atoms with Crippen LogP contribution >= 0.6 is 0 Å². The van der Waals surface area contributed by atoms with Crippen molar-refractivity contribution in [1.82, 2.24) is 0 Å². The first-order valence-corrected chi connectivity index (χ1v) is 6.31. The lowest BCUT2D eigenvalue weighted by Crippen LogP contribution is -1.87. The fraction of sp³-hybridized carbons (Fsp3) is 0. The minimum atomic E-state index is -0.245. The van der Waals surface area contributed by atoms with Crippen molar-refractivity contribution in [1.29, 1.82) is 15.8 Å². The van der Waals surface area contributed by atoms with Crippen LogP contribution in [-0.2, 0) is 0 Å². The minimum Gasteiger partial charge on any atom is -0.192 e. The third-order valence-electron chi connectivity index (χ3n) is 2.79. The van der Waals surface area contributed by atoms with Crippen LogP contribution in [-0.4, -0.2) is 0 Å². The maximum absolute atomic E-state index is 9.24. The van der Waals surface area contributed by atoms with Gasteiger partial charge in [-0.25, -0.2) is 0 Å². The lowest BCUT2D eigenvalue weighted by Gasteiger charge is -2.02. The Labute approximate surface area is 127 Å². The van der Waals surface area contributed by atoms with Gasteiger partial charge in [0.05, 0.1) is 16.9 Å². The molecule has 0 saturated heterocycles. The molecule has 0 aliphatic heterocycles. The van der Waals surface area contributed by atoms with Crippen LogP contribution in [0.4, 0.5) is 11.4 Å². The Morgan fingerprint density at radius 2 is 1.36 bits per heavy atom. The Kier molecular flexibility index (Phi) is 4.76. The second-order valence-corrected chi connectivity index (χ2v) is 4.14. The Morgan fingerprint density at radius 3 is 2.00 bits per heavy atom. The topological polar surface area (TPSA) is 96.1 Å². The summed E-state index contributed by atoms with van der Waals surface area (Å²) < 4.78 is 0. The van der Waals surface area contributed by atoms with E-state index in [0.717, 1.165) is 0 Å². The maximum atomic E-state index is 9.24. The molecule has 0 bridgehead atoms. The Hall–Kier alpha value is -3.75. The van der Waals surface area contributed by atoms with Crippen LogP contribution in [0.3, 0.4) is 0 Å². The summed E-state index contributed by atoms with van der Waals surface area (Å²) in [7, 11) is 0. The van der Waals surface area contributed by atoms with Gasteiger partial charge in [0.15, 0.2) is 0 Å². The van der Waals surface area contributed by atoms with Gasteiger partial charge in [0, 0.05) is 5.56 Å². The predicted octanol–water partition coefficient (Wildman–Crippen LogP) is 4.43. The zero-order chi connectivity index (χ0) is 15.8. The SMILES string of the molecule is N#CC(C#N)=C(C#N)c1ccccc1N=Nc1ccccc1. The van der Waals surface area contributed by atoms with Crippen molar-refractivity contribution < 1.29 is 0 Å². The highest BCUT2D eigenvalue weighted by Gasteiger charge is 2.12. The third kappa shape index (κ3) is 3.22. The summed E-state index contributed by atoms with van der Waals surface area (Å²) in [5.41, 5.74) is 1.24. The van der Waals surface area contributed by atoms with Crippen molar-refractivity contribution in [2.24, 2.45) is 10.2 Å². The minimum absolute atomic E-state index is 0.00684. The van der Waals surface area contributed by atoms with Crippen molar-refractivity contribution in [3.05, 3.63) is 65.7 Å². The van der Waals surface area contributed by atoms with Gasteiger partial charge < -0.3 is 0 Å². The Morgan fingerprint density at radius 1 is 0.727 bits per heavy atom. The first kappa shape index (κ1) is 14.7. The van der Waals surface area contributed by atoms with Crippen LogP contribution < -0.4 is 0 Å². The number of hydrogen-bond donors (Lipinski definition) is 0. The van der Waals surface area contributed by atoms with E-state index in [4.69, 9.17) is 10.5 Å². The van der Waals surface area contributed by atoms with Gasteiger partial charge in [-0.3, -0.25) is 0 Å². The molecule has 0 spiro atoms. The third-order valence-corrected chi connectivity index (χ3v) is 2.79. The molecule has 2 aromatic carbocycles. The molecule has 5 nitrogen and oxygen atoms in total. The molecule has 22 heavy (non-hydrogen) atoms. The number of rotatable bonds is 3. The Balaban J connectivity index is 2.51. The standard InChI is InChI=1S/C17H9N5/c18-10-13(11-19)16(12-20)15-8-4-5-9-17(15)22-21-14-6-2-1-3-7-14/h1-9H. The average Bonchev–Trinajstić information content (AvgIpc) is 2.59. The van der Waals surface area contributed by atoms with Gasteiger partial charge in [0.1, 0.15) is 23.8 Å². The summed E-state index contributed by atoms with van der Waals surface area (Å²) in [6, 6.07) is 21.2. The van der Waals surface area contributed by atoms with E-state index in [1.165, 1.54) is 0 Å². The van der Waals surface area contributed by atoms with E-state index in [1.807, 2.05) is 24.3 Å². The lowest BCUT2D eigenvalue weighted by atomic mass is 10.0. The van der Waals surface area contributed by atoms with E-state index < -0.39 is 0 Å². The molecule has 102 valence electrons. The molecule has 0 heterocycles. The molecular weight excluding hydrogens is 274 g/mol. The van der Waals surface area contributed by atoms with E-state index >= 15 is 0 Å². The van der Waals surface area contributed by atoms with E-state index in [0.29, 0.717) is 16.9 Å². The predicted molar refractivity (Wildman–Crippen MR) is 80.8 cm³/mol. The van der Waals surface area contributed by atoms with Gasteiger partial charge in [-0.1, -0.05) is 36.4 Å². The molecule has 5 heteroatoms. The number of allylic oxidation sites excluding steroid dienone is 2. The first-order valence-electron chi connectivity index (χ1n) is 6.31. The Bertz CT molecular complexity index is 842. The van der Waals surface area contributed by atoms with Crippen LogP contribution in [0.15, 0.2) is 70.4 Å². The molecule has 0 amide bonds. The molecule has 0 aliphatic rings. The largest absolute Gasteiger partial charge is 0.192 e. The van der Waals surface area contributed by atoms with Gasteiger partial charge in [0.2, 0.25) is 0 Å². The summed E-state index contributed by atoms with van der Waals surface area (Å²) in [6.07, 6.45) is 0. The number of azo groups is 1. The highest BCUT2D eigenvalue weighted by atomic mass is 15.1. The zero-order valence-electron chi connectivity index (χ0n) is 11.4. The van der Waals surface area contributed by atoms with Crippen LogP contribution in [0.2, 0.25) is 0 Å². The molecule has 2 aromatic rings. The van der Waals surface area contributed by atoms with Crippen LogP contribution in [0, 0.1) is 34.0 Å². The van der Waals surface area contributed by atoms with Crippen LogP contribution in [0.5, 0.6) is 0 Å². The van der Waals surface area contributed by atoms with Crippen molar-refractivity contribution in [3.63, 3.8) is 0 Å². The van der Waals surface area contributed by atoms with Gasteiger partial charge in [-0.15, -0.1) is 5.11 Å². The zero-order valence-corrected chi connectivity index (χ0v) is 11.4. The molecule has 2 rings (SSSR count). The van der Waals surface area contributed by atoms with E-state index in [2.05, 4.69) is 10.2 Å². The molecule has 0 unspecified atom stereocenters. The van der Waals surface area contributed by atoms with Crippen molar-refractivity contribution in [2.75, 3.05) is 0 Å². The second kappa shape index (κ2) is 7.14. The fourth-order valence-electron chi connectivity index (χ4n) is 1.77. The number of nitriles is 3. The smallest absolute Gasteiger partial charge is 0.148 e. The van der Waals surface area contributed by atoms with E-state index in [1.54, 1.807) is 48.5 Å².